The molecule has 0 saturated carbocycles. The Bertz CT molecular complexity index is 134. The van der Waals surface area contributed by atoms with Gasteiger partial charge in [0, 0.05) is 0 Å². The minimum Gasteiger partial charge on any atom is -0.480 e. The van der Waals surface area contributed by atoms with Crippen LogP contribution in [0.4, 0.5) is 0 Å². The number of nitrogens with one attached hydrogen (secondary N) is 1. The second-order valence-corrected chi connectivity index (χ2v) is 2.61. The van der Waals surface area contributed by atoms with Crippen LogP contribution in [0.2, 0.25) is 0 Å². The second kappa shape index (κ2) is 3.98. The van der Waals surface area contributed by atoms with Crippen LogP contribution in [0.15, 0.2) is 5.11 Å². The fourth-order valence-electron chi connectivity index (χ4n) is 0.655. The molecule has 2 N–H and O–H groups in total. The van der Waals surface area contributed by atoms with Crippen LogP contribution in [0.5, 0.6) is 0 Å². The van der Waals surface area contributed by atoms with Crippen LogP contribution in [0, 0.1) is 11.4 Å². The lowest BCUT2D eigenvalue weighted by molar-refractivity contribution is -0.139. The number of hydrogen-bond acceptors (Lipinski definition) is 3. The first-order valence-corrected chi connectivity index (χ1v) is 3.17. The van der Waals surface area contributed by atoms with E-state index in [0.717, 1.165) is 0 Å². The van der Waals surface area contributed by atoms with Crippen molar-refractivity contribution >= 4 is 5.97 Å². The van der Waals surface area contributed by atoms with Crippen molar-refractivity contribution in [2.75, 3.05) is 0 Å². The van der Waals surface area contributed by atoms with E-state index in [9.17, 15) is 4.79 Å². The van der Waals surface area contributed by atoms with Crippen LogP contribution >= 0.6 is 0 Å². The Morgan fingerprint density at radius 1 is 1.70 bits per heavy atom. The predicted octanol–water partition coefficient (Wildman–Crippen LogP) is 1.52. The van der Waals surface area contributed by atoms with Gasteiger partial charge in [-0.2, -0.15) is 5.11 Å². The molecule has 0 spiro atoms. The molecular formula is C6H12N2O2. The van der Waals surface area contributed by atoms with Crippen LogP contribution in [-0.2, 0) is 4.79 Å². The molecule has 0 unspecified atom stereocenters. The van der Waals surface area contributed by atoms with Gasteiger partial charge in [-0.05, 0) is 12.3 Å². The first-order valence-electron chi connectivity index (χ1n) is 3.17. The maximum Gasteiger partial charge on any atom is 0.330 e. The summed E-state index contributed by atoms with van der Waals surface area (Å²) in [5.74, 6) is -0.737. The quantitative estimate of drug-likeness (QED) is 0.587. The molecule has 0 amide bonds. The monoisotopic (exact) mass is 144 g/mol. The van der Waals surface area contributed by atoms with Gasteiger partial charge in [0.1, 0.15) is 0 Å². The molecule has 0 radical (unpaired) electrons. The third-order valence-electron chi connectivity index (χ3n) is 1.14. The van der Waals surface area contributed by atoms with E-state index in [1.807, 2.05) is 13.8 Å². The normalized spacial score (nSPS) is 13.1. The zero-order valence-corrected chi connectivity index (χ0v) is 6.16. The minimum atomic E-state index is -1.01. The van der Waals surface area contributed by atoms with Crippen molar-refractivity contribution in [1.82, 2.24) is 0 Å². The van der Waals surface area contributed by atoms with Gasteiger partial charge in [-0.25, -0.2) is 10.3 Å². The number of rotatable bonds is 4. The maximum atomic E-state index is 10.3. The number of nitrogens with zero attached hydrogens (tertiary/aromatic N) is 1. The summed E-state index contributed by atoms with van der Waals surface area (Å²) in [5, 5.41) is 11.4. The Balaban J connectivity index is 3.83. The molecule has 0 aliphatic carbocycles. The Hall–Kier alpha value is -0.930. The fraction of sp³-hybridized carbons (Fsp3) is 0.833. The molecule has 10 heavy (non-hydrogen) atoms. The summed E-state index contributed by atoms with van der Waals surface area (Å²) in [7, 11) is 0. The molecule has 0 fully saturated rings. The average Bonchev–Trinajstić information content (AvgIpc) is 1.81. The molecule has 0 saturated heterocycles. The molecule has 0 aliphatic rings. The van der Waals surface area contributed by atoms with Gasteiger partial charge in [-0.15, -0.1) is 0 Å². The van der Waals surface area contributed by atoms with E-state index in [1.165, 1.54) is 0 Å². The van der Waals surface area contributed by atoms with Crippen LogP contribution in [-0.4, -0.2) is 17.1 Å². The molecular weight excluding hydrogens is 132 g/mol. The van der Waals surface area contributed by atoms with Gasteiger partial charge in [-0.3, -0.25) is 0 Å². The van der Waals surface area contributed by atoms with Gasteiger partial charge in [-0.1, -0.05) is 13.8 Å². The van der Waals surface area contributed by atoms with Crippen molar-refractivity contribution in [2.24, 2.45) is 11.0 Å². The highest BCUT2D eigenvalue weighted by Gasteiger charge is 2.16. The van der Waals surface area contributed by atoms with Crippen LogP contribution in [0.25, 0.3) is 0 Å². The van der Waals surface area contributed by atoms with E-state index < -0.39 is 12.0 Å². The molecule has 4 heteroatoms. The van der Waals surface area contributed by atoms with Gasteiger partial charge in [0.15, 0.2) is 6.04 Å². The molecule has 0 aromatic rings. The summed E-state index contributed by atoms with van der Waals surface area (Å²) >= 11 is 0. The van der Waals surface area contributed by atoms with Gasteiger partial charge >= 0.3 is 5.97 Å². The minimum absolute atomic E-state index is 0.273. The highest BCUT2D eigenvalue weighted by atomic mass is 16.4. The van der Waals surface area contributed by atoms with Gasteiger partial charge < -0.3 is 5.11 Å². The van der Waals surface area contributed by atoms with Crippen LogP contribution < -0.4 is 0 Å². The van der Waals surface area contributed by atoms with E-state index in [4.69, 9.17) is 10.6 Å². The Kier molecular flexibility index (Phi) is 3.61. The lowest BCUT2D eigenvalue weighted by atomic mass is 10.1. The standard InChI is InChI=1S/C6H12N2O2/c1-4(2)3-5(8-7)6(9)10/h4-5,7H,3H2,1-2H3,(H,9,10)/t5-/m0/s1. The third kappa shape index (κ3) is 3.17. The molecule has 0 aromatic heterocycles. The predicted molar refractivity (Wildman–Crippen MR) is 36.0 cm³/mol. The topological polar surface area (TPSA) is 73.5 Å². The van der Waals surface area contributed by atoms with E-state index in [2.05, 4.69) is 5.11 Å². The van der Waals surface area contributed by atoms with Gasteiger partial charge in [0.2, 0.25) is 0 Å². The summed E-state index contributed by atoms with van der Waals surface area (Å²) in [5.41, 5.74) is 6.53. The SMILES string of the molecule is CC(C)C[C@H](N=N)C(=O)O. The number of carboxylic acid groups (broad SMARTS) is 1. The van der Waals surface area contributed by atoms with Crippen molar-refractivity contribution in [3.63, 3.8) is 0 Å². The highest BCUT2D eigenvalue weighted by molar-refractivity contribution is 5.73. The van der Waals surface area contributed by atoms with E-state index in [0.29, 0.717) is 6.42 Å². The molecule has 0 aromatic carbocycles. The molecule has 0 bridgehead atoms. The molecule has 4 nitrogen and oxygen atoms in total. The maximum absolute atomic E-state index is 10.3. The van der Waals surface area contributed by atoms with E-state index in [-0.39, 0.29) is 5.92 Å². The summed E-state index contributed by atoms with van der Waals surface area (Å²) in [6.07, 6.45) is 0.443. The molecule has 58 valence electrons. The van der Waals surface area contributed by atoms with Gasteiger partial charge in [0.05, 0.1) is 0 Å². The average molecular weight is 144 g/mol. The van der Waals surface area contributed by atoms with Crippen molar-refractivity contribution in [1.29, 1.82) is 5.53 Å². The molecule has 0 aliphatic heterocycles. The van der Waals surface area contributed by atoms with Crippen molar-refractivity contribution < 1.29 is 9.90 Å². The van der Waals surface area contributed by atoms with Crippen LogP contribution in [0.3, 0.4) is 0 Å². The van der Waals surface area contributed by atoms with Crippen molar-refractivity contribution in [2.45, 2.75) is 26.3 Å². The van der Waals surface area contributed by atoms with E-state index >= 15 is 0 Å². The zero-order valence-electron chi connectivity index (χ0n) is 6.16. The summed E-state index contributed by atoms with van der Waals surface area (Å²) < 4.78 is 0. The fourth-order valence-corrected chi connectivity index (χ4v) is 0.655. The number of carbonyl (C=O) groups is 1. The molecule has 0 heterocycles. The Morgan fingerprint density at radius 3 is 2.30 bits per heavy atom. The zero-order chi connectivity index (χ0) is 8.15. The van der Waals surface area contributed by atoms with E-state index in [1.54, 1.807) is 0 Å². The smallest absolute Gasteiger partial charge is 0.330 e. The van der Waals surface area contributed by atoms with Crippen molar-refractivity contribution in [3.05, 3.63) is 0 Å². The molecule has 1 atom stereocenters. The summed E-state index contributed by atoms with van der Waals surface area (Å²) in [4.78, 5) is 10.3. The second-order valence-electron chi connectivity index (χ2n) is 2.61. The Morgan fingerprint density at radius 2 is 2.20 bits per heavy atom. The molecule has 0 rings (SSSR count). The summed E-state index contributed by atoms with van der Waals surface area (Å²) in [6, 6.07) is -0.847. The first kappa shape index (κ1) is 9.07. The lowest BCUT2D eigenvalue weighted by Crippen LogP contribution is -2.18. The highest BCUT2D eigenvalue weighted by Crippen LogP contribution is 2.07. The van der Waals surface area contributed by atoms with Crippen molar-refractivity contribution in [3.8, 4) is 0 Å². The third-order valence-corrected chi connectivity index (χ3v) is 1.14. The largest absolute Gasteiger partial charge is 0.480 e. The number of aliphatic carboxylic acids is 1. The van der Waals surface area contributed by atoms with Gasteiger partial charge in [0.25, 0.3) is 0 Å². The number of carboxylic acids is 1. The first-order chi connectivity index (χ1) is 4.57. The van der Waals surface area contributed by atoms with Crippen LogP contribution in [0.1, 0.15) is 20.3 Å². The Labute approximate surface area is 59.8 Å². The number of hydrogen-bond donors (Lipinski definition) is 2. The summed E-state index contributed by atoms with van der Waals surface area (Å²) in [6.45, 7) is 3.81. The lowest BCUT2D eigenvalue weighted by Gasteiger charge is -2.06.